The zero-order chi connectivity index (χ0) is 20.8. The quantitative estimate of drug-likeness (QED) is 0.408. The molecule has 1 aliphatic carbocycles. The Morgan fingerprint density at radius 2 is 1.93 bits per heavy atom. The fourth-order valence-electron chi connectivity index (χ4n) is 4.43. The van der Waals surface area contributed by atoms with Crippen LogP contribution in [0.4, 0.5) is 5.95 Å². The summed E-state index contributed by atoms with van der Waals surface area (Å²) in [6, 6.07) is 6.34. The molecule has 1 aromatic carbocycles. The van der Waals surface area contributed by atoms with E-state index in [2.05, 4.69) is 46.5 Å². The first kappa shape index (κ1) is 19.7. The topological polar surface area (TPSA) is 64.2 Å². The molecule has 1 saturated carbocycles. The van der Waals surface area contributed by atoms with Gasteiger partial charge in [0.05, 0.1) is 0 Å². The van der Waals surface area contributed by atoms with Gasteiger partial charge in [-0.1, -0.05) is 25.6 Å². The monoisotopic (exact) mass is 424 g/mol. The minimum absolute atomic E-state index is 0.295. The molecule has 2 aliphatic rings. The lowest BCUT2D eigenvalue weighted by Gasteiger charge is -2.18. The van der Waals surface area contributed by atoms with Gasteiger partial charge in [0.1, 0.15) is 5.58 Å². The molecule has 158 valence electrons. The van der Waals surface area contributed by atoms with Gasteiger partial charge in [0.2, 0.25) is 5.95 Å². The van der Waals surface area contributed by atoms with Crippen LogP contribution in [-0.2, 0) is 5.75 Å². The van der Waals surface area contributed by atoms with Crippen LogP contribution in [0.2, 0.25) is 0 Å². The highest BCUT2D eigenvalue weighted by Gasteiger charge is 2.32. The van der Waals surface area contributed by atoms with Gasteiger partial charge in [-0.2, -0.15) is 0 Å². The van der Waals surface area contributed by atoms with E-state index in [-0.39, 0.29) is 5.63 Å². The molecule has 7 heteroatoms. The molecule has 1 aliphatic heterocycles. The van der Waals surface area contributed by atoms with E-state index in [0.717, 1.165) is 40.7 Å². The molecule has 2 aromatic heterocycles. The summed E-state index contributed by atoms with van der Waals surface area (Å²) in [5.41, 5.74) is 3.83. The van der Waals surface area contributed by atoms with Crippen molar-refractivity contribution in [1.82, 2.24) is 14.8 Å². The Hall–Kier alpha value is -2.28. The molecule has 1 saturated heterocycles. The molecule has 30 heavy (non-hydrogen) atoms. The number of fused-ring (bicyclic) bond motifs is 1. The van der Waals surface area contributed by atoms with Gasteiger partial charge in [0.25, 0.3) is 0 Å². The lowest BCUT2D eigenvalue weighted by Crippen LogP contribution is -2.22. The van der Waals surface area contributed by atoms with Gasteiger partial charge in [-0.25, -0.2) is 4.79 Å². The molecular formula is C23H28N4O2S. The molecule has 0 radical (unpaired) electrons. The summed E-state index contributed by atoms with van der Waals surface area (Å²) in [5, 5.41) is 11.0. The second-order valence-corrected chi connectivity index (χ2v) is 9.76. The molecule has 0 bridgehead atoms. The summed E-state index contributed by atoms with van der Waals surface area (Å²) in [6.45, 7) is 8.60. The summed E-state index contributed by atoms with van der Waals surface area (Å²) in [7, 11) is 0. The first-order valence-corrected chi connectivity index (χ1v) is 11.9. The minimum atomic E-state index is -0.295. The van der Waals surface area contributed by atoms with Crippen molar-refractivity contribution in [2.75, 3.05) is 18.0 Å². The number of anilines is 1. The number of hydrogen-bond acceptors (Lipinski definition) is 6. The van der Waals surface area contributed by atoms with Gasteiger partial charge in [0.15, 0.2) is 5.16 Å². The van der Waals surface area contributed by atoms with Crippen LogP contribution in [0.3, 0.4) is 0 Å². The Balaban J connectivity index is 1.48. The first-order chi connectivity index (χ1) is 14.5. The summed E-state index contributed by atoms with van der Waals surface area (Å²) < 4.78 is 7.84. The Labute approximate surface area is 180 Å². The Morgan fingerprint density at radius 3 is 2.63 bits per heavy atom. The number of benzene rings is 1. The van der Waals surface area contributed by atoms with E-state index < -0.39 is 0 Å². The fourth-order valence-corrected chi connectivity index (χ4v) is 5.42. The van der Waals surface area contributed by atoms with E-state index in [0.29, 0.717) is 23.3 Å². The van der Waals surface area contributed by atoms with Crippen molar-refractivity contribution in [3.8, 4) is 0 Å². The highest BCUT2D eigenvalue weighted by atomic mass is 32.2. The second kappa shape index (κ2) is 7.76. The van der Waals surface area contributed by atoms with Gasteiger partial charge >= 0.3 is 5.63 Å². The average Bonchev–Trinajstić information content (AvgIpc) is 3.23. The van der Waals surface area contributed by atoms with Gasteiger partial charge in [-0.15, -0.1) is 10.2 Å². The van der Waals surface area contributed by atoms with Crippen molar-refractivity contribution in [2.24, 2.45) is 0 Å². The van der Waals surface area contributed by atoms with Crippen LogP contribution in [0.15, 0.2) is 32.6 Å². The zero-order valence-corrected chi connectivity index (χ0v) is 18.7. The molecule has 0 N–H and O–H groups in total. The summed E-state index contributed by atoms with van der Waals surface area (Å²) in [4.78, 5) is 14.6. The van der Waals surface area contributed by atoms with E-state index >= 15 is 0 Å². The number of aryl methyl sites for hydroxylation is 1. The second-order valence-electron chi connectivity index (χ2n) is 8.82. The molecule has 3 heterocycles. The van der Waals surface area contributed by atoms with Crippen LogP contribution in [-0.4, -0.2) is 27.9 Å². The smallest absolute Gasteiger partial charge is 0.336 e. The van der Waals surface area contributed by atoms with Crippen molar-refractivity contribution in [1.29, 1.82) is 0 Å². The molecule has 0 unspecified atom stereocenters. The summed E-state index contributed by atoms with van der Waals surface area (Å²) >= 11 is 1.67. The molecule has 2 fully saturated rings. The van der Waals surface area contributed by atoms with Crippen molar-refractivity contribution in [2.45, 2.75) is 69.3 Å². The van der Waals surface area contributed by atoms with Crippen LogP contribution in [0.1, 0.15) is 68.2 Å². The maximum atomic E-state index is 12.2. The van der Waals surface area contributed by atoms with Gasteiger partial charge in [-0.05, 0) is 67.3 Å². The van der Waals surface area contributed by atoms with Gasteiger partial charge in [-0.3, -0.25) is 4.57 Å². The highest BCUT2D eigenvalue weighted by molar-refractivity contribution is 7.98. The number of aromatic nitrogens is 3. The van der Waals surface area contributed by atoms with E-state index in [4.69, 9.17) is 4.42 Å². The lowest BCUT2D eigenvalue weighted by atomic mass is 9.95. The third kappa shape index (κ3) is 3.64. The van der Waals surface area contributed by atoms with E-state index in [1.807, 2.05) is 6.07 Å². The van der Waals surface area contributed by atoms with Crippen LogP contribution >= 0.6 is 11.8 Å². The molecule has 5 rings (SSSR count). The standard InChI is InChI=1S/C23H28N4O2S/c1-14(2)18-12-19-16(11-21(28)29-20(19)10-15(18)3)13-30-23-25-24-22(26-8-4-5-9-26)27(23)17-6-7-17/h10-12,14,17H,4-9,13H2,1-3H3. The summed E-state index contributed by atoms with van der Waals surface area (Å²) in [6.07, 6.45) is 4.84. The van der Waals surface area contributed by atoms with Gasteiger partial charge < -0.3 is 9.32 Å². The predicted molar refractivity (Wildman–Crippen MR) is 121 cm³/mol. The van der Waals surface area contributed by atoms with E-state index in [1.54, 1.807) is 17.8 Å². The molecule has 3 aromatic rings. The molecule has 0 amide bonds. The SMILES string of the molecule is Cc1cc2oc(=O)cc(CSc3nnc(N4CCCC4)n3C3CC3)c2cc1C(C)C. The van der Waals surface area contributed by atoms with Crippen molar-refractivity contribution >= 4 is 28.7 Å². The van der Waals surface area contributed by atoms with Crippen molar-refractivity contribution in [3.05, 3.63) is 45.3 Å². The molecular weight excluding hydrogens is 396 g/mol. The molecule has 0 spiro atoms. The van der Waals surface area contributed by atoms with Crippen LogP contribution in [0.25, 0.3) is 11.0 Å². The third-order valence-electron chi connectivity index (χ3n) is 6.14. The molecule has 0 atom stereocenters. The van der Waals surface area contributed by atoms with E-state index in [9.17, 15) is 4.79 Å². The first-order valence-electron chi connectivity index (χ1n) is 10.9. The van der Waals surface area contributed by atoms with Gasteiger partial charge in [0, 0.05) is 36.3 Å². The molecule has 6 nitrogen and oxygen atoms in total. The maximum Gasteiger partial charge on any atom is 0.336 e. The average molecular weight is 425 g/mol. The van der Waals surface area contributed by atoms with E-state index in [1.165, 1.54) is 31.2 Å². The minimum Gasteiger partial charge on any atom is -0.423 e. The number of rotatable bonds is 6. The maximum absolute atomic E-state index is 12.2. The Kier molecular flexibility index (Phi) is 5.09. The number of thioether (sulfide) groups is 1. The lowest BCUT2D eigenvalue weighted by molar-refractivity contribution is 0.559. The Bertz CT molecular complexity index is 1140. The third-order valence-corrected chi connectivity index (χ3v) is 7.13. The van der Waals surface area contributed by atoms with Crippen LogP contribution in [0, 0.1) is 6.92 Å². The fraction of sp³-hybridized carbons (Fsp3) is 0.522. The largest absolute Gasteiger partial charge is 0.423 e. The van der Waals surface area contributed by atoms with Crippen molar-refractivity contribution < 1.29 is 4.42 Å². The van der Waals surface area contributed by atoms with Crippen LogP contribution in [0.5, 0.6) is 0 Å². The van der Waals surface area contributed by atoms with Crippen LogP contribution < -0.4 is 10.5 Å². The predicted octanol–water partition coefficient (Wildman–Crippen LogP) is 5.04. The Morgan fingerprint density at radius 1 is 1.17 bits per heavy atom. The zero-order valence-electron chi connectivity index (χ0n) is 17.9. The number of nitrogens with zero attached hydrogens (tertiary/aromatic N) is 4. The highest BCUT2D eigenvalue weighted by Crippen LogP contribution is 2.42. The summed E-state index contributed by atoms with van der Waals surface area (Å²) in [5.74, 6) is 2.11. The normalized spacial score (nSPS) is 16.9. The number of hydrogen-bond donors (Lipinski definition) is 0. The van der Waals surface area contributed by atoms with Crippen molar-refractivity contribution in [3.63, 3.8) is 0 Å².